The number of carbonyl (C=O) groups excluding carboxylic acids is 1. The van der Waals surface area contributed by atoms with Gasteiger partial charge in [-0.15, -0.1) is 0 Å². The monoisotopic (exact) mass is 139 g/mol. The van der Waals surface area contributed by atoms with E-state index >= 15 is 0 Å². The predicted octanol–water partition coefficient (Wildman–Crippen LogP) is 0.670. The average molecular weight is 139 g/mol. The van der Waals surface area contributed by atoms with Crippen molar-refractivity contribution in [3.8, 4) is 0 Å². The van der Waals surface area contributed by atoms with Crippen molar-refractivity contribution in [2.24, 2.45) is 5.92 Å². The first-order valence-electron chi connectivity index (χ1n) is 4.09. The molecule has 0 aromatic rings. The third-order valence-electron chi connectivity index (χ3n) is 2.51. The summed E-state index contributed by atoms with van der Waals surface area (Å²) < 4.78 is 0. The van der Waals surface area contributed by atoms with Crippen LogP contribution in [0.1, 0.15) is 19.3 Å². The molecule has 1 aliphatic carbocycles. The Labute approximate surface area is 61.2 Å². The molecule has 0 amide bonds. The Morgan fingerprint density at radius 1 is 1.30 bits per heavy atom. The summed E-state index contributed by atoms with van der Waals surface area (Å²) in [6, 6.07) is 0.852. The van der Waals surface area contributed by atoms with Crippen molar-refractivity contribution in [3.63, 3.8) is 0 Å². The van der Waals surface area contributed by atoms with Crippen molar-refractivity contribution in [1.29, 1.82) is 0 Å². The highest BCUT2D eigenvalue weighted by atomic mass is 16.1. The molecule has 0 unspecified atom stereocenters. The molecule has 1 saturated heterocycles. The maximum atomic E-state index is 10.4. The third kappa shape index (κ3) is 1.08. The molecule has 1 atom stereocenters. The van der Waals surface area contributed by atoms with Crippen LogP contribution in [0, 0.1) is 5.92 Å². The second-order valence-corrected chi connectivity index (χ2v) is 3.41. The fourth-order valence-corrected chi connectivity index (χ4v) is 1.70. The third-order valence-corrected chi connectivity index (χ3v) is 2.51. The van der Waals surface area contributed by atoms with Gasteiger partial charge in [0.15, 0.2) is 0 Å². The molecule has 2 aliphatic rings. The van der Waals surface area contributed by atoms with Crippen molar-refractivity contribution in [1.82, 2.24) is 4.90 Å². The molecule has 0 bridgehead atoms. The van der Waals surface area contributed by atoms with Crippen LogP contribution in [0.15, 0.2) is 0 Å². The SMILES string of the molecule is O=C[C@H]1CCN(C2CC2)C1. The summed E-state index contributed by atoms with van der Waals surface area (Å²) >= 11 is 0. The molecule has 2 rings (SSSR count). The fourth-order valence-electron chi connectivity index (χ4n) is 1.70. The maximum absolute atomic E-state index is 10.4. The van der Waals surface area contributed by atoms with Crippen LogP contribution in [-0.4, -0.2) is 30.3 Å². The standard InChI is InChI=1S/C8H13NO/c10-6-7-3-4-9(5-7)8-1-2-8/h6-8H,1-5H2/t7-/m0/s1. The minimum atomic E-state index is 0.348. The van der Waals surface area contributed by atoms with Crippen molar-refractivity contribution in [2.45, 2.75) is 25.3 Å². The quantitative estimate of drug-likeness (QED) is 0.524. The Kier molecular flexibility index (Phi) is 1.49. The average Bonchev–Trinajstić information content (AvgIpc) is 2.70. The number of carbonyl (C=O) groups is 1. The van der Waals surface area contributed by atoms with Gasteiger partial charge in [0.05, 0.1) is 0 Å². The Morgan fingerprint density at radius 2 is 2.10 bits per heavy atom. The van der Waals surface area contributed by atoms with E-state index in [0.29, 0.717) is 5.92 Å². The van der Waals surface area contributed by atoms with Gasteiger partial charge in [-0.2, -0.15) is 0 Å². The molecule has 0 radical (unpaired) electrons. The van der Waals surface area contributed by atoms with E-state index in [4.69, 9.17) is 0 Å². The summed E-state index contributed by atoms with van der Waals surface area (Å²) in [5.41, 5.74) is 0. The predicted molar refractivity (Wildman–Crippen MR) is 38.8 cm³/mol. The first-order chi connectivity index (χ1) is 4.90. The molecule has 10 heavy (non-hydrogen) atoms. The number of aldehydes is 1. The van der Waals surface area contributed by atoms with Crippen molar-refractivity contribution in [3.05, 3.63) is 0 Å². The van der Waals surface area contributed by atoms with Gasteiger partial charge in [0, 0.05) is 18.5 Å². The van der Waals surface area contributed by atoms with Crippen LogP contribution in [0.3, 0.4) is 0 Å². The van der Waals surface area contributed by atoms with Crippen molar-refractivity contribution >= 4 is 6.29 Å². The van der Waals surface area contributed by atoms with Gasteiger partial charge in [-0.05, 0) is 25.8 Å². The van der Waals surface area contributed by atoms with Crippen LogP contribution >= 0.6 is 0 Å². The normalized spacial score (nSPS) is 34.6. The van der Waals surface area contributed by atoms with Crippen molar-refractivity contribution in [2.75, 3.05) is 13.1 Å². The number of rotatable bonds is 2. The lowest BCUT2D eigenvalue weighted by Gasteiger charge is -2.12. The maximum Gasteiger partial charge on any atom is 0.124 e. The van der Waals surface area contributed by atoms with E-state index in [1.165, 1.54) is 12.8 Å². The highest BCUT2D eigenvalue weighted by Gasteiger charge is 2.33. The lowest BCUT2D eigenvalue weighted by atomic mass is 10.1. The smallest absolute Gasteiger partial charge is 0.124 e. The van der Waals surface area contributed by atoms with Crippen LogP contribution in [0.2, 0.25) is 0 Å². The largest absolute Gasteiger partial charge is 0.303 e. The molecule has 0 aromatic carbocycles. The summed E-state index contributed by atoms with van der Waals surface area (Å²) in [6.45, 7) is 2.20. The second-order valence-electron chi connectivity index (χ2n) is 3.41. The van der Waals surface area contributed by atoms with Gasteiger partial charge in [-0.3, -0.25) is 4.90 Å². The van der Waals surface area contributed by atoms with Gasteiger partial charge in [-0.25, -0.2) is 0 Å². The van der Waals surface area contributed by atoms with E-state index in [-0.39, 0.29) is 0 Å². The van der Waals surface area contributed by atoms with Gasteiger partial charge in [-0.1, -0.05) is 0 Å². The van der Waals surface area contributed by atoms with E-state index in [9.17, 15) is 4.79 Å². The summed E-state index contributed by atoms with van der Waals surface area (Å²) in [4.78, 5) is 12.8. The molecule has 0 N–H and O–H groups in total. The van der Waals surface area contributed by atoms with Crippen molar-refractivity contribution < 1.29 is 4.79 Å². The van der Waals surface area contributed by atoms with Crippen LogP contribution < -0.4 is 0 Å². The molecule has 2 nitrogen and oxygen atoms in total. The highest BCUT2D eigenvalue weighted by molar-refractivity contribution is 5.54. The van der Waals surface area contributed by atoms with Crippen LogP contribution in [0.5, 0.6) is 0 Å². The van der Waals surface area contributed by atoms with Crippen LogP contribution in [0.25, 0.3) is 0 Å². The minimum Gasteiger partial charge on any atom is -0.303 e. The van der Waals surface area contributed by atoms with E-state index in [1.807, 2.05) is 0 Å². The van der Waals surface area contributed by atoms with E-state index in [0.717, 1.165) is 31.8 Å². The van der Waals surface area contributed by atoms with E-state index in [1.54, 1.807) is 0 Å². The fraction of sp³-hybridized carbons (Fsp3) is 0.875. The van der Waals surface area contributed by atoms with Gasteiger partial charge in [0.1, 0.15) is 6.29 Å². The molecule has 1 aliphatic heterocycles. The molecule has 2 heteroatoms. The van der Waals surface area contributed by atoms with E-state index < -0.39 is 0 Å². The Bertz CT molecular complexity index is 142. The first kappa shape index (κ1) is 6.35. The zero-order valence-electron chi connectivity index (χ0n) is 6.12. The van der Waals surface area contributed by atoms with Gasteiger partial charge < -0.3 is 4.79 Å². The highest BCUT2D eigenvalue weighted by Crippen LogP contribution is 2.30. The molecule has 0 spiro atoms. The van der Waals surface area contributed by atoms with Gasteiger partial charge in [0.2, 0.25) is 0 Å². The zero-order chi connectivity index (χ0) is 6.97. The number of hydrogen-bond acceptors (Lipinski definition) is 2. The van der Waals surface area contributed by atoms with E-state index in [2.05, 4.69) is 4.90 Å². The summed E-state index contributed by atoms with van der Waals surface area (Å²) in [5, 5.41) is 0. The van der Waals surface area contributed by atoms with Gasteiger partial charge in [0.25, 0.3) is 0 Å². The molecule has 2 fully saturated rings. The second kappa shape index (κ2) is 2.35. The molecular weight excluding hydrogens is 126 g/mol. The molecule has 56 valence electrons. The molecule has 1 saturated carbocycles. The molecule has 0 aromatic heterocycles. The summed E-state index contributed by atoms with van der Waals surface area (Å²) in [7, 11) is 0. The Balaban J connectivity index is 1.86. The summed E-state index contributed by atoms with van der Waals surface area (Å²) in [5.74, 6) is 0.348. The number of likely N-dealkylation sites (tertiary alicyclic amines) is 1. The topological polar surface area (TPSA) is 20.3 Å². The number of hydrogen-bond donors (Lipinski definition) is 0. The lowest BCUT2D eigenvalue weighted by Crippen LogP contribution is -2.22. The Morgan fingerprint density at radius 3 is 2.60 bits per heavy atom. The first-order valence-corrected chi connectivity index (χ1v) is 4.09. The lowest BCUT2D eigenvalue weighted by molar-refractivity contribution is -0.110. The molecule has 1 heterocycles. The zero-order valence-corrected chi connectivity index (χ0v) is 6.12. The van der Waals surface area contributed by atoms with Crippen LogP contribution in [0.4, 0.5) is 0 Å². The summed E-state index contributed by atoms with van der Waals surface area (Å²) in [6.07, 6.45) is 4.94. The molecular formula is C8H13NO. The Hall–Kier alpha value is -0.370. The van der Waals surface area contributed by atoms with Crippen LogP contribution in [-0.2, 0) is 4.79 Å². The minimum absolute atomic E-state index is 0.348. The number of nitrogens with zero attached hydrogens (tertiary/aromatic N) is 1. The van der Waals surface area contributed by atoms with Gasteiger partial charge >= 0.3 is 0 Å².